The molecule has 2 aromatic heterocycles. The molecule has 0 saturated heterocycles. The number of nitrogens with zero attached hydrogens (tertiary/aromatic N) is 2. The van der Waals surface area contributed by atoms with Gasteiger partial charge in [0.25, 0.3) is 0 Å². The zero-order chi connectivity index (χ0) is 23.7. The van der Waals surface area contributed by atoms with E-state index in [9.17, 15) is 9.90 Å². The van der Waals surface area contributed by atoms with Gasteiger partial charge >= 0.3 is 0 Å². The minimum Gasteiger partial charge on any atom is -0.494 e. The van der Waals surface area contributed by atoms with Gasteiger partial charge in [-0.25, -0.2) is 9.98 Å². The van der Waals surface area contributed by atoms with Crippen LogP contribution in [0.3, 0.4) is 0 Å². The molecule has 0 atom stereocenters. The van der Waals surface area contributed by atoms with Crippen molar-refractivity contribution in [3.63, 3.8) is 0 Å². The third-order valence-electron chi connectivity index (χ3n) is 5.53. The van der Waals surface area contributed by atoms with Gasteiger partial charge in [-0.2, -0.15) is 0 Å². The van der Waals surface area contributed by atoms with Gasteiger partial charge in [-0.05, 0) is 25.1 Å². The molecule has 7 nitrogen and oxygen atoms in total. The molecule has 0 unspecified atom stereocenters. The predicted molar refractivity (Wildman–Crippen MR) is 135 cm³/mol. The summed E-state index contributed by atoms with van der Waals surface area (Å²) in [6, 6.07) is 25.3. The molecule has 7 heteroatoms. The highest BCUT2D eigenvalue weighted by molar-refractivity contribution is 6.21. The van der Waals surface area contributed by atoms with Crippen molar-refractivity contribution in [3.8, 4) is 17.1 Å². The average Bonchev–Trinajstić information content (AvgIpc) is 3.36. The van der Waals surface area contributed by atoms with Crippen molar-refractivity contribution in [3.05, 3.63) is 95.7 Å². The van der Waals surface area contributed by atoms with Gasteiger partial charge in [-0.15, -0.1) is 0 Å². The Morgan fingerprint density at radius 2 is 1.65 bits per heavy atom. The largest absolute Gasteiger partial charge is 0.494 e. The molecule has 0 radical (unpaired) electrons. The van der Waals surface area contributed by atoms with Crippen LogP contribution in [0.25, 0.3) is 22.2 Å². The summed E-state index contributed by atoms with van der Waals surface area (Å²) in [5, 5.41) is 14.3. The van der Waals surface area contributed by atoms with Crippen LogP contribution in [0.2, 0.25) is 0 Å². The second kappa shape index (κ2) is 8.71. The van der Waals surface area contributed by atoms with Crippen LogP contribution in [-0.4, -0.2) is 31.7 Å². The van der Waals surface area contributed by atoms with Gasteiger partial charge in [-0.3, -0.25) is 10.1 Å². The number of hydrogen-bond acceptors (Lipinski definition) is 4. The van der Waals surface area contributed by atoms with Gasteiger partial charge < -0.3 is 15.1 Å². The van der Waals surface area contributed by atoms with Crippen molar-refractivity contribution >= 4 is 34.2 Å². The molecular weight excluding hydrogens is 426 g/mol. The van der Waals surface area contributed by atoms with Gasteiger partial charge in [-0.1, -0.05) is 60.7 Å². The number of benzene rings is 3. The van der Waals surface area contributed by atoms with E-state index in [2.05, 4.69) is 20.3 Å². The van der Waals surface area contributed by atoms with Crippen molar-refractivity contribution in [2.75, 3.05) is 5.32 Å². The Kier molecular flexibility index (Phi) is 5.43. The number of aryl methyl sites for hydroxylation is 1. The molecule has 0 saturated carbocycles. The van der Waals surface area contributed by atoms with E-state index in [0.717, 1.165) is 39.1 Å². The molecule has 4 N–H and O–H groups in total. The van der Waals surface area contributed by atoms with Gasteiger partial charge in [0.1, 0.15) is 0 Å². The van der Waals surface area contributed by atoms with Crippen molar-refractivity contribution in [2.45, 2.75) is 13.8 Å². The van der Waals surface area contributed by atoms with E-state index in [4.69, 9.17) is 4.99 Å². The fourth-order valence-corrected chi connectivity index (χ4v) is 4.02. The molecule has 0 aliphatic rings. The number of aromatic amines is 2. The van der Waals surface area contributed by atoms with Gasteiger partial charge in [0.05, 0.1) is 22.7 Å². The topological polar surface area (TPSA) is 106 Å². The smallest absolute Gasteiger partial charge is 0.223 e. The number of aromatic hydroxyl groups is 1. The van der Waals surface area contributed by atoms with E-state index in [0.29, 0.717) is 17.2 Å². The van der Waals surface area contributed by atoms with Crippen LogP contribution in [0.5, 0.6) is 5.88 Å². The van der Waals surface area contributed by atoms with Crippen LogP contribution >= 0.6 is 0 Å². The quantitative estimate of drug-likeness (QED) is 0.259. The van der Waals surface area contributed by atoms with Crippen molar-refractivity contribution in [2.24, 2.45) is 4.99 Å². The number of rotatable bonds is 5. The fraction of sp³-hybridized carbons (Fsp3) is 0.0741. The molecule has 2 heterocycles. The van der Waals surface area contributed by atoms with Crippen LogP contribution in [-0.2, 0) is 4.79 Å². The molecule has 0 bridgehead atoms. The number of anilines is 1. The Hall–Kier alpha value is -4.65. The van der Waals surface area contributed by atoms with Gasteiger partial charge in [0.2, 0.25) is 11.9 Å². The van der Waals surface area contributed by atoms with Gasteiger partial charge in [0, 0.05) is 34.6 Å². The second-order valence-electron chi connectivity index (χ2n) is 8.01. The summed E-state index contributed by atoms with van der Waals surface area (Å²) in [4.78, 5) is 26.9. The molecule has 0 aliphatic heterocycles. The lowest BCUT2D eigenvalue weighted by atomic mass is 10.0. The number of H-pyrrole nitrogens is 2. The Morgan fingerprint density at radius 3 is 2.38 bits per heavy atom. The Balaban J connectivity index is 1.57. The number of fused-ring (bicyclic) bond motifs is 1. The SMILES string of the molecule is CC(=O)Nc1nc(-c2ccc(N=C(c3ccccc3)c3c(O)[nH]c4ccccc34)cc2)c(C)[nH]1. The van der Waals surface area contributed by atoms with Crippen molar-refractivity contribution in [1.82, 2.24) is 15.0 Å². The maximum Gasteiger partial charge on any atom is 0.223 e. The molecule has 34 heavy (non-hydrogen) atoms. The van der Waals surface area contributed by atoms with Crippen LogP contribution in [0.4, 0.5) is 11.6 Å². The lowest BCUT2D eigenvalue weighted by molar-refractivity contribution is -0.114. The third-order valence-corrected chi connectivity index (χ3v) is 5.53. The number of hydrogen-bond donors (Lipinski definition) is 4. The first-order valence-electron chi connectivity index (χ1n) is 10.9. The maximum atomic E-state index is 11.3. The number of carbonyl (C=O) groups is 1. The minimum absolute atomic E-state index is 0.0815. The van der Waals surface area contributed by atoms with Crippen LogP contribution in [0, 0.1) is 6.92 Å². The zero-order valence-corrected chi connectivity index (χ0v) is 18.8. The predicted octanol–water partition coefficient (Wildman–Crippen LogP) is 5.70. The first-order chi connectivity index (χ1) is 16.5. The van der Waals surface area contributed by atoms with Gasteiger partial charge in [0.15, 0.2) is 5.88 Å². The molecule has 3 aromatic carbocycles. The lowest BCUT2D eigenvalue weighted by Crippen LogP contribution is -2.06. The molecule has 5 aromatic rings. The van der Waals surface area contributed by atoms with Crippen LogP contribution < -0.4 is 5.32 Å². The number of imidazole rings is 1. The minimum atomic E-state index is -0.182. The van der Waals surface area contributed by atoms with Crippen molar-refractivity contribution < 1.29 is 9.90 Å². The zero-order valence-electron chi connectivity index (χ0n) is 18.8. The Morgan fingerprint density at radius 1 is 0.941 bits per heavy atom. The molecule has 168 valence electrons. The first kappa shape index (κ1) is 21.2. The molecular formula is C27H23N5O2. The van der Waals surface area contributed by atoms with E-state index in [1.165, 1.54) is 6.92 Å². The van der Waals surface area contributed by atoms with E-state index in [1.807, 2.05) is 85.8 Å². The van der Waals surface area contributed by atoms with E-state index in [1.54, 1.807) is 0 Å². The normalized spacial score (nSPS) is 11.6. The summed E-state index contributed by atoms with van der Waals surface area (Å²) < 4.78 is 0. The molecule has 5 rings (SSSR count). The number of carbonyl (C=O) groups excluding carboxylic acids is 1. The third kappa shape index (κ3) is 4.06. The number of para-hydroxylation sites is 1. The van der Waals surface area contributed by atoms with Crippen molar-refractivity contribution in [1.29, 1.82) is 0 Å². The molecule has 1 amide bonds. The number of nitrogens with one attached hydrogen (secondary N) is 3. The molecule has 0 spiro atoms. The van der Waals surface area contributed by atoms with Crippen LogP contribution in [0.1, 0.15) is 23.7 Å². The highest BCUT2D eigenvalue weighted by atomic mass is 16.3. The van der Waals surface area contributed by atoms with E-state index in [-0.39, 0.29) is 11.8 Å². The second-order valence-corrected chi connectivity index (χ2v) is 8.01. The molecule has 0 fully saturated rings. The number of amides is 1. The molecule has 0 aliphatic carbocycles. The monoisotopic (exact) mass is 449 g/mol. The lowest BCUT2D eigenvalue weighted by Gasteiger charge is -2.08. The number of aromatic nitrogens is 3. The first-order valence-corrected chi connectivity index (χ1v) is 10.9. The Labute approximate surface area is 196 Å². The number of aliphatic imine (C=N–C) groups is 1. The summed E-state index contributed by atoms with van der Waals surface area (Å²) >= 11 is 0. The summed E-state index contributed by atoms with van der Waals surface area (Å²) in [7, 11) is 0. The standard InChI is InChI=1S/C27H23N5O2/c1-16-24(32-27(28-16)29-17(2)33)19-12-14-20(15-13-19)30-25(18-8-4-3-5-9-18)23-21-10-6-7-11-22(21)31-26(23)34/h3-15,31,34H,1-2H3,(H2,28,29,32,33). The summed E-state index contributed by atoms with van der Waals surface area (Å²) in [5.41, 5.74) is 6.34. The Bertz CT molecular complexity index is 1510. The summed E-state index contributed by atoms with van der Waals surface area (Å²) in [5.74, 6) is 0.320. The highest BCUT2D eigenvalue weighted by Crippen LogP contribution is 2.32. The highest BCUT2D eigenvalue weighted by Gasteiger charge is 2.18. The maximum absolute atomic E-state index is 11.3. The van der Waals surface area contributed by atoms with E-state index < -0.39 is 0 Å². The summed E-state index contributed by atoms with van der Waals surface area (Å²) in [6.45, 7) is 3.35. The summed E-state index contributed by atoms with van der Waals surface area (Å²) in [6.07, 6.45) is 0. The average molecular weight is 450 g/mol. The van der Waals surface area contributed by atoms with E-state index >= 15 is 0 Å². The van der Waals surface area contributed by atoms with Crippen LogP contribution in [0.15, 0.2) is 83.9 Å². The fourth-order valence-electron chi connectivity index (χ4n) is 4.02.